The van der Waals surface area contributed by atoms with Crippen molar-refractivity contribution in [3.63, 3.8) is 0 Å². The number of esters is 1. The lowest BCUT2D eigenvalue weighted by Gasteiger charge is -2.16. The monoisotopic (exact) mass is 571 g/mol. The van der Waals surface area contributed by atoms with E-state index in [4.69, 9.17) is 20.8 Å². The van der Waals surface area contributed by atoms with Crippen LogP contribution in [0.1, 0.15) is 35.6 Å². The standard InChI is InChI=1S/C30H25ClF3NO5/c1-3-39-27(37)12-11-18-7-6-8-19(14-18)28-20-13-17(2)23(31)16-25(20)40-29(38)21(28)15-26(36)35-24-10-5-4-9-22(24)30(32,33)34/h4-10,13-14,16H,3,11-12,15H2,1-2H3,(H,35,36). The summed E-state index contributed by atoms with van der Waals surface area (Å²) in [7, 11) is 0. The number of ether oxygens (including phenoxy) is 1. The van der Waals surface area contributed by atoms with E-state index in [1.165, 1.54) is 18.2 Å². The Morgan fingerprint density at radius 2 is 1.80 bits per heavy atom. The van der Waals surface area contributed by atoms with Crippen molar-refractivity contribution < 1.29 is 31.9 Å². The average molecular weight is 572 g/mol. The first-order valence-electron chi connectivity index (χ1n) is 12.4. The number of aryl methyl sites for hydroxylation is 2. The van der Waals surface area contributed by atoms with E-state index in [0.29, 0.717) is 33.5 Å². The molecule has 0 atom stereocenters. The Bertz CT molecular complexity index is 1650. The number of fused-ring (bicyclic) bond motifs is 1. The Morgan fingerprint density at radius 3 is 2.52 bits per heavy atom. The molecule has 4 aromatic rings. The van der Waals surface area contributed by atoms with Crippen molar-refractivity contribution in [1.29, 1.82) is 0 Å². The molecular weight excluding hydrogens is 547 g/mol. The fraction of sp³-hybridized carbons (Fsp3) is 0.233. The first kappa shape index (κ1) is 28.9. The number of carbonyl (C=O) groups excluding carboxylic acids is 2. The van der Waals surface area contributed by atoms with Gasteiger partial charge in [-0.25, -0.2) is 4.79 Å². The SMILES string of the molecule is CCOC(=O)CCc1cccc(-c2c(CC(=O)Nc3ccccc3C(F)(F)F)c(=O)oc3cc(Cl)c(C)cc23)c1. The van der Waals surface area contributed by atoms with Gasteiger partial charge in [-0.15, -0.1) is 0 Å². The highest BCUT2D eigenvalue weighted by molar-refractivity contribution is 6.32. The molecule has 4 rings (SSSR count). The Labute approximate surface area is 232 Å². The van der Waals surface area contributed by atoms with Crippen molar-refractivity contribution in [3.8, 4) is 11.1 Å². The molecule has 1 aromatic heterocycles. The van der Waals surface area contributed by atoms with E-state index in [1.807, 2.05) is 6.07 Å². The number of alkyl halides is 3. The number of amides is 1. The van der Waals surface area contributed by atoms with Gasteiger partial charge in [0, 0.05) is 28.5 Å². The highest BCUT2D eigenvalue weighted by Gasteiger charge is 2.33. The van der Waals surface area contributed by atoms with Crippen LogP contribution in [-0.4, -0.2) is 18.5 Å². The lowest BCUT2D eigenvalue weighted by Crippen LogP contribution is -2.22. The molecule has 0 saturated carbocycles. The largest absolute Gasteiger partial charge is 0.466 e. The number of rotatable bonds is 8. The molecule has 0 aliphatic carbocycles. The summed E-state index contributed by atoms with van der Waals surface area (Å²) in [4.78, 5) is 38.1. The topological polar surface area (TPSA) is 85.6 Å². The molecule has 40 heavy (non-hydrogen) atoms. The summed E-state index contributed by atoms with van der Waals surface area (Å²) >= 11 is 6.26. The number of hydrogen-bond donors (Lipinski definition) is 1. The van der Waals surface area contributed by atoms with Crippen LogP contribution in [0, 0.1) is 6.92 Å². The molecule has 1 amide bonds. The number of carbonyl (C=O) groups is 2. The summed E-state index contributed by atoms with van der Waals surface area (Å²) in [6, 6.07) is 14.9. The van der Waals surface area contributed by atoms with E-state index in [0.717, 1.165) is 17.7 Å². The van der Waals surface area contributed by atoms with Gasteiger partial charge in [-0.1, -0.05) is 48.0 Å². The Hall–Kier alpha value is -4.11. The third-order valence-corrected chi connectivity index (χ3v) is 6.67. The van der Waals surface area contributed by atoms with Crippen LogP contribution in [-0.2, 0) is 33.3 Å². The Balaban J connectivity index is 1.79. The predicted octanol–water partition coefficient (Wildman–Crippen LogP) is 7.12. The molecule has 0 saturated heterocycles. The van der Waals surface area contributed by atoms with E-state index in [1.54, 1.807) is 38.1 Å². The van der Waals surface area contributed by atoms with Crippen molar-refractivity contribution >= 4 is 40.1 Å². The summed E-state index contributed by atoms with van der Waals surface area (Å²) in [5.74, 6) is -1.17. The summed E-state index contributed by atoms with van der Waals surface area (Å²) in [6.07, 6.45) is -4.70. The summed E-state index contributed by atoms with van der Waals surface area (Å²) in [6.45, 7) is 3.76. The van der Waals surface area contributed by atoms with E-state index in [9.17, 15) is 27.6 Å². The number of para-hydroxylation sites is 1. The molecule has 1 N–H and O–H groups in total. The van der Waals surface area contributed by atoms with Gasteiger partial charge in [0.1, 0.15) is 5.58 Å². The molecule has 208 valence electrons. The van der Waals surface area contributed by atoms with Gasteiger partial charge in [-0.3, -0.25) is 9.59 Å². The van der Waals surface area contributed by atoms with Gasteiger partial charge in [0.05, 0.1) is 29.8 Å². The molecule has 3 aromatic carbocycles. The van der Waals surface area contributed by atoms with E-state index >= 15 is 0 Å². The second-order valence-electron chi connectivity index (χ2n) is 9.11. The van der Waals surface area contributed by atoms with Crippen molar-refractivity contribution in [1.82, 2.24) is 0 Å². The van der Waals surface area contributed by atoms with Crippen LogP contribution in [0.2, 0.25) is 5.02 Å². The molecule has 0 spiro atoms. The van der Waals surface area contributed by atoms with Crippen molar-refractivity contribution in [2.45, 2.75) is 39.3 Å². The van der Waals surface area contributed by atoms with Gasteiger partial charge >= 0.3 is 17.8 Å². The number of hydrogen-bond acceptors (Lipinski definition) is 5. The fourth-order valence-electron chi connectivity index (χ4n) is 4.42. The van der Waals surface area contributed by atoms with E-state index < -0.39 is 35.4 Å². The molecule has 0 aliphatic rings. The third-order valence-electron chi connectivity index (χ3n) is 6.26. The number of nitrogens with one attached hydrogen (secondary N) is 1. The van der Waals surface area contributed by atoms with Crippen LogP contribution in [0.3, 0.4) is 0 Å². The molecule has 1 heterocycles. The second kappa shape index (κ2) is 12.0. The van der Waals surface area contributed by atoms with Gasteiger partial charge < -0.3 is 14.5 Å². The van der Waals surface area contributed by atoms with Gasteiger partial charge in [0.25, 0.3) is 0 Å². The maximum Gasteiger partial charge on any atom is 0.418 e. The van der Waals surface area contributed by atoms with Crippen LogP contribution >= 0.6 is 11.6 Å². The first-order chi connectivity index (χ1) is 19.0. The van der Waals surface area contributed by atoms with Gasteiger partial charge in [-0.05, 0) is 55.2 Å². The highest BCUT2D eigenvalue weighted by Crippen LogP contribution is 2.36. The predicted molar refractivity (Wildman–Crippen MR) is 146 cm³/mol. The van der Waals surface area contributed by atoms with Crippen LogP contribution in [0.4, 0.5) is 18.9 Å². The van der Waals surface area contributed by atoms with Crippen molar-refractivity contribution in [2.24, 2.45) is 0 Å². The summed E-state index contributed by atoms with van der Waals surface area (Å²) in [5, 5.41) is 3.16. The van der Waals surface area contributed by atoms with Gasteiger partial charge in [0.2, 0.25) is 5.91 Å². The number of halogens is 4. The zero-order chi connectivity index (χ0) is 29.0. The first-order valence-corrected chi connectivity index (χ1v) is 12.8. The maximum absolute atomic E-state index is 13.5. The Morgan fingerprint density at radius 1 is 1.05 bits per heavy atom. The zero-order valence-corrected chi connectivity index (χ0v) is 22.4. The van der Waals surface area contributed by atoms with Crippen molar-refractivity contribution in [2.75, 3.05) is 11.9 Å². The number of benzene rings is 3. The minimum Gasteiger partial charge on any atom is -0.466 e. The molecule has 0 unspecified atom stereocenters. The van der Waals surface area contributed by atoms with E-state index in [-0.39, 0.29) is 30.1 Å². The lowest BCUT2D eigenvalue weighted by molar-refractivity contribution is -0.143. The van der Waals surface area contributed by atoms with Crippen LogP contribution in [0.25, 0.3) is 22.1 Å². The summed E-state index contributed by atoms with van der Waals surface area (Å²) in [5.41, 5.74) is 0.354. The zero-order valence-electron chi connectivity index (χ0n) is 21.7. The smallest absolute Gasteiger partial charge is 0.418 e. The molecular formula is C30H25ClF3NO5. The van der Waals surface area contributed by atoms with Crippen LogP contribution < -0.4 is 10.9 Å². The summed E-state index contributed by atoms with van der Waals surface area (Å²) < 4.78 is 50.9. The molecule has 10 heteroatoms. The Kier molecular flexibility index (Phi) is 8.64. The second-order valence-corrected chi connectivity index (χ2v) is 9.52. The minimum absolute atomic E-state index is 0.0289. The highest BCUT2D eigenvalue weighted by atomic mass is 35.5. The molecule has 0 aliphatic heterocycles. The molecule has 6 nitrogen and oxygen atoms in total. The van der Waals surface area contributed by atoms with Crippen LogP contribution in [0.15, 0.2) is 69.9 Å². The van der Waals surface area contributed by atoms with E-state index in [2.05, 4.69) is 5.32 Å². The lowest BCUT2D eigenvalue weighted by atomic mass is 9.92. The average Bonchev–Trinajstić information content (AvgIpc) is 2.89. The molecule has 0 bridgehead atoms. The maximum atomic E-state index is 13.5. The minimum atomic E-state index is -4.68. The fourth-order valence-corrected chi connectivity index (χ4v) is 4.57. The number of anilines is 1. The molecule has 0 fully saturated rings. The third kappa shape index (κ3) is 6.54. The normalized spacial score (nSPS) is 11.4. The van der Waals surface area contributed by atoms with Gasteiger partial charge in [0.15, 0.2) is 0 Å². The van der Waals surface area contributed by atoms with Crippen molar-refractivity contribution in [3.05, 3.63) is 98.4 Å². The van der Waals surface area contributed by atoms with Crippen LogP contribution in [0.5, 0.6) is 0 Å². The molecule has 0 radical (unpaired) electrons. The quantitative estimate of drug-likeness (QED) is 0.180. The van der Waals surface area contributed by atoms with Gasteiger partial charge in [-0.2, -0.15) is 13.2 Å².